The van der Waals surface area contributed by atoms with Gasteiger partial charge in [0.05, 0.1) is 25.2 Å². The van der Waals surface area contributed by atoms with E-state index in [2.05, 4.69) is 46.7 Å². The first-order valence-electron chi connectivity index (χ1n) is 9.09. The van der Waals surface area contributed by atoms with E-state index in [9.17, 15) is 9.90 Å². The van der Waals surface area contributed by atoms with Gasteiger partial charge in [-0.2, -0.15) is 0 Å². The second-order valence-electron chi connectivity index (χ2n) is 7.54. The van der Waals surface area contributed by atoms with Crippen molar-refractivity contribution in [3.05, 3.63) is 35.9 Å². The Hall–Kier alpha value is -1.63. The zero-order valence-electron chi connectivity index (χ0n) is 14.9. The molecular formula is C19H29N3O3. The van der Waals surface area contributed by atoms with E-state index in [-0.39, 0.29) is 24.1 Å². The summed E-state index contributed by atoms with van der Waals surface area (Å²) >= 11 is 0. The number of likely N-dealkylation sites (tertiary alicyclic amines) is 1. The Morgan fingerprint density at radius 2 is 2.16 bits per heavy atom. The number of ether oxygens (including phenoxy) is 1. The Balaban J connectivity index is 1.39. The number of carbonyl (C=O) groups excluding carboxylic acids is 1. The lowest BCUT2D eigenvalue weighted by Gasteiger charge is -2.39. The van der Waals surface area contributed by atoms with E-state index >= 15 is 0 Å². The summed E-state index contributed by atoms with van der Waals surface area (Å²) in [6, 6.07) is 10.5. The minimum Gasteiger partial charge on any atom is -0.396 e. The van der Waals surface area contributed by atoms with Crippen LogP contribution in [0.2, 0.25) is 0 Å². The minimum atomic E-state index is -0.291. The smallest absolute Gasteiger partial charge is 0.315 e. The van der Waals surface area contributed by atoms with Crippen molar-refractivity contribution in [2.45, 2.75) is 25.9 Å². The maximum atomic E-state index is 12.1. The zero-order valence-corrected chi connectivity index (χ0v) is 14.9. The number of hydrogen-bond donors (Lipinski definition) is 3. The summed E-state index contributed by atoms with van der Waals surface area (Å²) in [5.41, 5.74) is 1.04. The largest absolute Gasteiger partial charge is 0.396 e. The lowest BCUT2D eigenvalue weighted by atomic mass is 9.87. The number of nitrogens with one attached hydrogen (secondary N) is 2. The molecule has 0 saturated carbocycles. The number of carbonyl (C=O) groups is 1. The van der Waals surface area contributed by atoms with E-state index in [1.165, 1.54) is 5.56 Å². The van der Waals surface area contributed by atoms with Crippen molar-refractivity contribution in [3.63, 3.8) is 0 Å². The van der Waals surface area contributed by atoms with Crippen LogP contribution in [0.5, 0.6) is 0 Å². The molecule has 3 rings (SSSR count). The number of nitrogens with zero attached hydrogens (tertiary/aromatic N) is 1. The van der Waals surface area contributed by atoms with E-state index in [1.807, 2.05) is 6.07 Å². The Bertz CT molecular complexity index is 557. The Kier molecular flexibility index (Phi) is 5.93. The van der Waals surface area contributed by atoms with Gasteiger partial charge < -0.3 is 20.5 Å². The third-order valence-corrected chi connectivity index (χ3v) is 5.40. The molecule has 0 bridgehead atoms. The fourth-order valence-electron chi connectivity index (χ4n) is 3.54. The highest BCUT2D eigenvalue weighted by atomic mass is 16.5. The highest BCUT2D eigenvalue weighted by molar-refractivity contribution is 5.74. The third kappa shape index (κ3) is 4.71. The van der Waals surface area contributed by atoms with Crippen molar-refractivity contribution >= 4 is 6.03 Å². The van der Waals surface area contributed by atoms with Crippen LogP contribution in [0.25, 0.3) is 0 Å². The predicted molar refractivity (Wildman–Crippen MR) is 96.2 cm³/mol. The van der Waals surface area contributed by atoms with E-state index in [0.717, 1.165) is 26.1 Å². The predicted octanol–water partition coefficient (Wildman–Crippen LogP) is 1.21. The Morgan fingerprint density at radius 3 is 2.80 bits per heavy atom. The first-order valence-corrected chi connectivity index (χ1v) is 9.09. The van der Waals surface area contributed by atoms with Crippen LogP contribution in [0.3, 0.4) is 0 Å². The number of amides is 2. The summed E-state index contributed by atoms with van der Waals surface area (Å²) in [4.78, 5) is 14.6. The van der Waals surface area contributed by atoms with Crippen molar-refractivity contribution in [1.82, 2.24) is 15.5 Å². The molecule has 2 aliphatic rings. The monoisotopic (exact) mass is 347 g/mol. The molecule has 0 aliphatic carbocycles. The molecule has 0 aromatic heterocycles. The van der Waals surface area contributed by atoms with Gasteiger partial charge >= 0.3 is 6.03 Å². The summed E-state index contributed by atoms with van der Waals surface area (Å²) in [6.07, 6.45) is 1.10. The number of aliphatic hydroxyl groups is 1. The van der Waals surface area contributed by atoms with Gasteiger partial charge in [-0.1, -0.05) is 30.3 Å². The molecule has 2 fully saturated rings. The topological polar surface area (TPSA) is 73.8 Å². The second-order valence-corrected chi connectivity index (χ2v) is 7.54. The standard InChI is InChI=1S/C19H29N3O3/c1-15(21-18(24)20-11-19(12-23)13-25-14-19)17-7-8-22(10-17)9-16-5-3-2-4-6-16/h2-6,15,17,23H,7-14H2,1H3,(H2,20,21,24). The molecule has 2 atom stereocenters. The molecule has 0 spiro atoms. The number of benzene rings is 1. The summed E-state index contributed by atoms with van der Waals surface area (Å²) in [7, 11) is 0. The number of rotatable bonds is 7. The lowest BCUT2D eigenvalue weighted by molar-refractivity contribution is -0.132. The number of aliphatic hydroxyl groups excluding tert-OH is 1. The molecule has 2 heterocycles. The maximum absolute atomic E-state index is 12.1. The molecule has 6 nitrogen and oxygen atoms in total. The molecule has 138 valence electrons. The lowest BCUT2D eigenvalue weighted by Crippen LogP contribution is -2.55. The Labute approximate surface area is 149 Å². The molecule has 0 radical (unpaired) electrons. The van der Waals surface area contributed by atoms with Crippen LogP contribution < -0.4 is 10.6 Å². The number of hydrogen-bond acceptors (Lipinski definition) is 4. The molecule has 1 aromatic carbocycles. The zero-order chi connectivity index (χ0) is 17.7. The van der Waals surface area contributed by atoms with Gasteiger partial charge in [0.2, 0.25) is 0 Å². The van der Waals surface area contributed by atoms with Crippen molar-refractivity contribution in [2.75, 3.05) is 39.5 Å². The SMILES string of the molecule is CC(NC(=O)NCC1(CO)COC1)C1CCN(Cc2ccccc2)C1. The van der Waals surface area contributed by atoms with Crippen LogP contribution in [0.15, 0.2) is 30.3 Å². The van der Waals surface area contributed by atoms with Gasteiger partial charge in [-0.25, -0.2) is 4.79 Å². The summed E-state index contributed by atoms with van der Waals surface area (Å²) in [5, 5.41) is 15.3. The molecule has 2 amide bonds. The second kappa shape index (κ2) is 8.17. The average molecular weight is 347 g/mol. The van der Waals surface area contributed by atoms with Crippen molar-refractivity contribution in [2.24, 2.45) is 11.3 Å². The van der Waals surface area contributed by atoms with E-state index in [4.69, 9.17) is 4.74 Å². The van der Waals surface area contributed by atoms with Crippen LogP contribution in [-0.2, 0) is 11.3 Å². The molecular weight excluding hydrogens is 318 g/mol. The minimum absolute atomic E-state index is 0.0416. The van der Waals surface area contributed by atoms with Crippen molar-refractivity contribution in [1.29, 1.82) is 0 Å². The molecule has 2 saturated heterocycles. The summed E-state index contributed by atoms with van der Waals surface area (Å²) in [6.45, 7) is 6.63. The van der Waals surface area contributed by atoms with Gasteiger partial charge in [0.15, 0.2) is 0 Å². The fraction of sp³-hybridized carbons (Fsp3) is 0.632. The fourth-order valence-corrected chi connectivity index (χ4v) is 3.54. The highest BCUT2D eigenvalue weighted by Crippen LogP contribution is 2.25. The van der Waals surface area contributed by atoms with E-state index in [0.29, 0.717) is 25.7 Å². The molecule has 2 aliphatic heterocycles. The summed E-state index contributed by atoms with van der Waals surface area (Å²) < 4.78 is 5.15. The molecule has 3 N–H and O–H groups in total. The molecule has 6 heteroatoms. The third-order valence-electron chi connectivity index (χ3n) is 5.40. The van der Waals surface area contributed by atoms with Crippen molar-refractivity contribution < 1.29 is 14.6 Å². The average Bonchev–Trinajstić information content (AvgIpc) is 3.04. The van der Waals surface area contributed by atoms with Crippen LogP contribution in [0.1, 0.15) is 18.9 Å². The van der Waals surface area contributed by atoms with Gasteiger partial charge in [0.25, 0.3) is 0 Å². The molecule has 25 heavy (non-hydrogen) atoms. The quantitative estimate of drug-likeness (QED) is 0.693. The maximum Gasteiger partial charge on any atom is 0.315 e. The van der Waals surface area contributed by atoms with Crippen LogP contribution in [-0.4, -0.2) is 61.5 Å². The van der Waals surface area contributed by atoms with E-state index in [1.54, 1.807) is 0 Å². The van der Waals surface area contributed by atoms with Gasteiger partial charge in [0.1, 0.15) is 0 Å². The van der Waals surface area contributed by atoms with Crippen LogP contribution in [0.4, 0.5) is 4.79 Å². The van der Waals surface area contributed by atoms with Crippen LogP contribution >= 0.6 is 0 Å². The van der Waals surface area contributed by atoms with Gasteiger partial charge in [-0.05, 0) is 31.4 Å². The number of urea groups is 1. The normalized spacial score (nSPS) is 23.7. The summed E-state index contributed by atoms with van der Waals surface area (Å²) in [5.74, 6) is 0.466. The molecule has 2 unspecified atom stereocenters. The van der Waals surface area contributed by atoms with Crippen molar-refractivity contribution in [3.8, 4) is 0 Å². The first kappa shape index (κ1) is 18.2. The highest BCUT2D eigenvalue weighted by Gasteiger charge is 2.38. The van der Waals surface area contributed by atoms with Gasteiger partial charge in [0, 0.05) is 25.7 Å². The Morgan fingerprint density at radius 1 is 1.40 bits per heavy atom. The van der Waals surface area contributed by atoms with E-state index < -0.39 is 0 Å². The van der Waals surface area contributed by atoms with Gasteiger partial charge in [-0.3, -0.25) is 4.90 Å². The van der Waals surface area contributed by atoms with Gasteiger partial charge in [-0.15, -0.1) is 0 Å². The molecule has 1 aromatic rings. The van der Waals surface area contributed by atoms with Crippen LogP contribution in [0, 0.1) is 11.3 Å². The first-order chi connectivity index (χ1) is 12.1.